The van der Waals surface area contributed by atoms with E-state index in [1.165, 1.54) is 22.3 Å². The van der Waals surface area contributed by atoms with Crippen LogP contribution in [-0.4, -0.2) is 47.8 Å². The standard InChI is InChI=1S/C28H29NO3.CH4O/c30-23-11-15-26-22(19-23)10-14-25(20-5-2-1-3-6-20)28(26)21-8-12-24(13-9-21)32-18-17-29-16-4-7-27(29)31;1-2/h1-3,5-6,8-9,11-13,15,19,25,28,30H,4,7,10,14,16-18H2;2H,1H3/t25-,28+;/m1./s1. The van der Waals surface area contributed by atoms with Crippen molar-refractivity contribution in [2.24, 2.45) is 0 Å². The Hall–Kier alpha value is -3.31. The number of amides is 1. The Morgan fingerprint density at radius 3 is 2.41 bits per heavy atom. The van der Waals surface area contributed by atoms with E-state index in [1.54, 1.807) is 6.07 Å². The predicted molar refractivity (Wildman–Crippen MR) is 133 cm³/mol. The number of hydrogen-bond acceptors (Lipinski definition) is 4. The van der Waals surface area contributed by atoms with Crippen LogP contribution in [0.15, 0.2) is 72.8 Å². The van der Waals surface area contributed by atoms with Gasteiger partial charge in [0.1, 0.15) is 18.1 Å². The van der Waals surface area contributed by atoms with Crippen LogP contribution in [0.2, 0.25) is 0 Å². The first-order chi connectivity index (χ1) is 16.7. The van der Waals surface area contributed by atoms with Crippen molar-refractivity contribution in [1.29, 1.82) is 0 Å². The highest BCUT2D eigenvalue weighted by molar-refractivity contribution is 5.78. The molecule has 1 amide bonds. The number of phenols is 1. The van der Waals surface area contributed by atoms with E-state index >= 15 is 0 Å². The van der Waals surface area contributed by atoms with Crippen LogP contribution >= 0.6 is 0 Å². The molecule has 3 aromatic carbocycles. The van der Waals surface area contributed by atoms with Gasteiger partial charge in [-0.1, -0.05) is 48.5 Å². The first-order valence-electron chi connectivity index (χ1n) is 12.0. The average Bonchev–Trinajstić information content (AvgIpc) is 3.30. The number of hydrogen-bond donors (Lipinski definition) is 2. The summed E-state index contributed by atoms with van der Waals surface area (Å²) in [4.78, 5) is 13.6. The summed E-state index contributed by atoms with van der Waals surface area (Å²) in [7, 11) is 1.00. The zero-order valence-electron chi connectivity index (χ0n) is 19.7. The number of aliphatic hydroxyl groups is 1. The second-order valence-electron chi connectivity index (χ2n) is 8.82. The number of fused-ring (bicyclic) bond motifs is 1. The van der Waals surface area contributed by atoms with Gasteiger partial charge in [-0.25, -0.2) is 0 Å². The van der Waals surface area contributed by atoms with Gasteiger partial charge in [0.15, 0.2) is 0 Å². The van der Waals surface area contributed by atoms with Crippen LogP contribution in [0, 0.1) is 0 Å². The fourth-order valence-electron chi connectivity index (χ4n) is 5.26. The van der Waals surface area contributed by atoms with Gasteiger partial charge in [-0.2, -0.15) is 0 Å². The van der Waals surface area contributed by atoms with Gasteiger partial charge in [0.25, 0.3) is 0 Å². The lowest BCUT2D eigenvalue weighted by Gasteiger charge is -2.35. The summed E-state index contributed by atoms with van der Waals surface area (Å²) in [6, 6.07) is 24.9. The Kier molecular flexibility index (Phi) is 7.86. The first-order valence-corrected chi connectivity index (χ1v) is 12.0. The molecule has 0 saturated carbocycles. The van der Waals surface area contributed by atoms with Gasteiger partial charge in [-0.15, -0.1) is 0 Å². The van der Waals surface area contributed by atoms with Crippen LogP contribution in [0.1, 0.15) is 53.4 Å². The van der Waals surface area contributed by atoms with Crippen molar-refractivity contribution in [3.63, 3.8) is 0 Å². The summed E-state index contributed by atoms with van der Waals surface area (Å²) in [6.07, 6.45) is 3.64. The summed E-state index contributed by atoms with van der Waals surface area (Å²) in [6.45, 7) is 2.01. The number of carbonyl (C=O) groups excluding carboxylic acids is 1. The largest absolute Gasteiger partial charge is 0.508 e. The number of ether oxygens (including phenoxy) is 1. The third-order valence-electron chi connectivity index (χ3n) is 6.86. The third-order valence-corrected chi connectivity index (χ3v) is 6.86. The predicted octanol–water partition coefficient (Wildman–Crippen LogP) is 4.86. The molecule has 1 fully saturated rings. The lowest BCUT2D eigenvalue weighted by atomic mass is 9.69. The average molecular weight is 460 g/mol. The number of aliphatic hydroxyl groups excluding tert-OH is 1. The van der Waals surface area contributed by atoms with Gasteiger partial charge in [-0.05, 0) is 71.7 Å². The van der Waals surface area contributed by atoms with Gasteiger partial charge in [0.2, 0.25) is 5.91 Å². The molecule has 0 radical (unpaired) electrons. The third kappa shape index (κ3) is 5.26. The van der Waals surface area contributed by atoms with Crippen LogP contribution in [-0.2, 0) is 11.2 Å². The topological polar surface area (TPSA) is 70.0 Å². The fourth-order valence-corrected chi connectivity index (χ4v) is 5.26. The molecule has 1 saturated heterocycles. The van der Waals surface area contributed by atoms with Crippen LogP contribution in [0.3, 0.4) is 0 Å². The number of carbonyl (C=O) groups is 1. The minimum atomic E-state index is 0.234. The molecule has 178 valence electrons. The van der Waals surface area contributed by atoms with Gasteiger partial charge >= 0.3 is 0 Å². The molecule has 0 bridgehead atoms. The van der Waals surface area contributed by atoms with Crippen LogP contribution in [0.4, 0.5) is 0 Å². The molecule has 0 unspecified atom stereocenters. The number of benzene rings is 3. The van der Waals surface area contributed by atoms with E-state index in [2.05, 4.69) is 48.5 Å². The molecular weight excluding hydrogens is 426 g/mol. The fraction of sp³-hybridized carbons (Fsp3) is 0.345. The molecule has 2 N–H and O–H groups in total. The Balaban J connectivity index is 0.00000133. The summed E-state index contributed by atoms with van der Waals surface area (Å²) >= 11 is 0. The Morgan fingerprint density at radius 1 is 0.941 bits per heavy atom. The monoisotopic (exact) mass is 459 g/mol. The maximum Gasteiger partial charge on any atom is 0.222 e. The highest BCUT2D eigenvalue weighted by Gasteiger charge is 2.32. The second-order valence-corrected chi connectivity index (χ2v) is 8.82. The molecule has 3 aromatic rings. The maximum atomic E-state index is 11.8. The van der Waals surface area contributed by atoms with E-state index in [4.69, 9.17) is 9.84 Å². The number of rotatable bonds is 6. The van der Waals surface area contributed by atoms with Crippen molar-refractivity contribution in [3.05, 3.63) is 95.1 Å². The second kappa shape index (κ2) is 11.2. The van der Waals surface area contributed by atoms with Gasteiger partial charge in [0.05, 0.1) is 6.54 Å². The van der Waals surface area contributed by atoms with Crippen molar-refractivity contribution in [1.82, 2.24) is 4.90 Å². The number of phenolic OH excluding ortho intramolecular Hbond substituents is 1. The molecule has 1 aliphatic carbocycles. The summed E-state index contributed by atoms with van der Waals surface area (Å²) < 4.78 is 5.93. The van der Waals surface area contributed by atoms with E-state index in [9.17, 15) is 9.90 Å². The Labute approximate surface area is 201 Å². The lowest BCUT2D eigenvalue weighted by Crippen LogP contribution is -2.29. The minimum Gasteiger partial charge on any atom is -0.508 e. The molecule has 34 heavy (non-hydrogen) atoms. The molecule has 5 heteroatoms. The molecule has 1 aliphatic heterocycles. The van der Waals surface area contributed by atoms with E-state index in [0.717, 1.165) is 38.7 Å². The maximum absolute atomic E-state index is 11.8. The van der Waals surface area contributed by atoms with Crippen molar-refractivity contribution >= 4 is 5.91 Å². The number of likely N-dealkylation sites (tertiary alicyclic amines) is 1. The van der Waals surface area contributed by atoms with Crippen molar-refractivity contribution < 1.29 is 19.7 Å². The summed E-state index contributed by atoms with van der Waals surface area (Å²) in [5, 5.41) is 17.0. The van der Waals surface area contributed by atoms with Gasteiger partial charge in [-0.3, -0.25) is 4.79 Å². The molecule has 5 rings (SSSR count). The normalized spacial score (nSPS) is 19.2. The molecule has 2 atom stereocenters. The lowest BCUT2D eigenvalue weighted by molar-refractivity contribution is -0.128. The molecule has 1 heterocycles. The van der Waals surface area contributed by atoms with Crippen molar-refractivity contribution in [2.75, 3.05) is 26.8 Å². The van der Waals surface area contributed by atoms with Gasteiger partial charge in [0, 0.05) is 26.0 Å². The minimum absolute atomic E-state index is 0.234. The number of nitrogens with zero attached hydrogens (tertiary/aromatic N) is 1. The molecule has 5 nitrogen and oxygen atoms in total. The number of aromatic hydroxyl groups is 1. The smallest absolute Gasteiger partial charge is 0.222 e. The van der Waals surface area contributed by atoms with Crippen molar-refractivity contribution in [3.8, 4) is 11.5 Å². The summed E-state index contributed by atoms with van der Waals surface area (Å²) in [5.41, 5.74) is 5.14. The SMILES string of the molecule is CO.O=C1CCCN1CCOc1ccc([C@@H]2c3ccc(O)cc3CC[C@@H]2c2ccccc2)cc1. The quantitative estimate of drug-likeness (QED) is 0.552. The molecular formula is C29H33NO4. The van der Waals surface area contributed by atoms with E-state index in [1.807, 2.05) is 23.1 Å². The summed E-state index contributed by atoms with van der Waals surface area (Å²) in [5.74, 6) is 2.02. The van der Waals surface area contributed by atoms with Crippen LogP contribution in [0.5, 0.6) is 11.5 Å². The zero-order chi connectivity index (χ0) is 23.9. The molecule has 0 aromatic heterocycles. The van der Waals surface area contributed by atoms with Gasteiger partial charge < -0.3 is 19.8 Å². The Bertz CT molecular complexity index is 1080. The molecule has 0 spiro atoms. The zero-order valence-corrected chi connectivity index (χ0v) is 19.7. The highest BCUT2D eigenvalue weighted by Crippen LogP contribution is 2.47. The van der Waals surface area contributed by atoms with E-state index < -0.39 is 0 Å². The highest BCUT2D eigenvalue weighted by atomic mass is 16.5. The van der Waals surface area contributed by atoms with Crippen LogP contribution in [0.25, 0.3) is 0 Å². The molecule has 2 aliphatic rings. The Morgan fingerprint density at radius 2 is 1.71 bits per heavy atom. The van der Waals surface area contributed by atoms with E-state index in [-0.39, 0.29) is 11.8 Å². The van der Waals surface area contributed by atoms with Crippen LogP contribution < -0.4 is 4.74 Å². The first kappa shape index (κ1) is 23.8. The van der Waals surface area contributed by atoms with E-state index in [0.29, 0.717) is 31.2 Å². The van der Waals surface area contributed by atoms with Crippen molar-refractivity contribution in [2.45, 2.75) is 37.5 Å². The number of aryl methyl sites for hydroxylation is 1.